The number of hydrogen-bond donors (Lipinski definition) is 1. The molecule has 6 nitrogen and oxygen atoms in total. The number of halogens is 1. The van der Waals surface area contributed by atoms with Crippen molar-refractivity contribution in [2.45, 2.75) is 0 Å². The van der Waals surface area contributed by atoms with Gasteiger partial charge in [-0.05, 0) is 24.3 Å². The predicted octanol–water partition coefficient (Wildman–Crippen LogP) is 1.80. The Morgan fingerprint density at radius 2 is 1.75 bits per heavy atom. The summed E-state index contributed by atoms with van der Waals surface area (Å²) in [4.78, 5) is 31.9. The van der Waals surface area contributed by atoms with E-state index in [1.54, 1.807) is 17.0 Å². The van der Waals surface area contributed by atoms with Crippen LogP contribution in [0.4, 0.5) is 5.69 Å². The third-order valence-electron chi connectivity index (χ3n) is 4.03. The number of piperazine rings is 1. The molecular weight excluding hydrogens is 328 g/mol. The van der Waals surface area contributed by atoms with Crippen LogP contribution in [0.25, 0.3) is 0 Å². The van der Waals surface area contributed by atoms with Crippen LogP contribution in [0.2, 0.25) is 5.02 Å². The third-order valence-corrected chi connectivity index (χ3v) is 4.35. The number of benzene rings is 1. The summed E-state index contributed by atoms with van der Waals surface area (Å²) in [6, 6.07) is 10.8. The number of carbonyl (C=O) groups excluding carboxylic acids is 2. The van der Waals surface area contributed by atoms with Crippen LogP contribution in [-0.2, 0) is 0 Å². The van der Waals surface area contributed by atoms with E-state index >= 15 is 0 Å². The fourth-order valence-electron chi connectivity index (χ4n) is 2.80. The normalized spacial score (nSPS) is 14.5. The van der Waals surface area contributed by atoms with E-state index in [9.17, 15) is 9.59 Å². The monoisotopic (exact) mass is 344 g/mol. The van der Waals surface area contributed by atoms with Gasteiger partial charge in [-0.1, -0.05) is 23.7 Å². The van der Waals surface area contributed by atoms with E-state index in [1.807, 2.05) is 24.3 Å². The van der Waals surface area contributed by atoms with Crippen LogP contribution in [0.5, 0.6) is 0 Å². The second-order valence-electron chi connectivity index (χ2n) is 5.49. The second kappa shape index (κ2) is 6.88. The van der Waals surface area contributed by atoms with Crippen LogP contribution in [-0.4, -0.2) is 47.9 Å². The first-order valence-corrected chi connectivity index (χ1v) is 7.99. The summed E-state index contributed by atoms with van der Waals surface area (Å²) >= 11 is 6.23. The van der Waals surface area contributed by atoms with Gasteiger partial charge in [-0.15, -0.1) is 0 Å². The van der Waals surface area contributed by atoms with Crippen molar-refractivity contribution < 1.29 is 9.59 Å². The molecule has 0 saturated carbocycles. The fraction of sp³-hybridized carbons (Fsp3) is 0.235. The molecule has 3 rings (SSSR count). The lowest BCUT2D eigenvalue weighted by atomic mass is 10.1. The van der Waals surface area contributed by atoms with Crippen molar-refractivity contribution in [3.63, 3.8) is 0 Å². The van der Waals surface area contributed by atoms with Crippen molar-refractivity contribution in [1.29, 1.82) is 0 Å². The van der Waals surface area contributed by atoms with E-state index in [1.165, 1.54) is 6.20 Å². The van der Waals surface area contributed by atoms with Crippen LogP contribution < -0.4 is 10.6 Å². The number of rotatable bonds is 3. The molecule has 2 N–H and O–H groups in total. The number of primary amides is 1. The maximum absolute atomic E-state index is 12.7. The van der Waals surface area contributed by atoms with Gasteiger partial charge in [0.2, 0.25) is 0 Å². The molecule has 7 heteroatoms. The molecule has 0 atom stereocenters. The zero-order chi connectivity index (χ0) is 17.1. The van der Waals surface area contributed by atoms with E-state index in [-0.39, 0.29) is 17.2 Å². The summed E-state index contributed by atoms with van der Waals surface area (Å²) in [5.74, 6) is -0.927. The predicted molar refractivity (Wildman–Crippen MR) is 92.3 cm³/mol. The summed E-state index contributed by atoms with van der Waals surface area (Å²) in [5, 5.41) is 0.695. The lowest BCUT2D eigenvalue weighted by molar-refractivity contribution is 0.0741. The Morgan fingerprint density at radius 1 is 1.04 bits per heavy atom. The maximum Gasteiger partial charge on any atom is 0.268 e. The molecule has 1 saturated heterocycles. The van der Waals surface area contributed by atoms with Crippen molar-refractivity contribution >= 4 is 29.1 Å². The van der Waals surface area contributed by atoms with Gasteiger partial charge in [0.25, 0.3) is 11.8 Å². The standard InChI is InChI=1S/C17H17ClN4O2/c18-13-5-1-2-6-14(13)21-8-10-22(11-9-21)17(24)12-4-3-7-20-15(12)16(19)23/h1-7H,8-11H2,(H2,19,23). The number of para-hydroxylation sites is 1. The molecule has 24 heavy (non-hydrogen) atoms. The van der Waals surface area contributed by atoms with E-state index in [4.69, 9.17) is 17.3 Å². The van der Waals surface area contributed by atoms with Crippen LogP contribution in [0.1, 0.15) is 20.8 Å². The van der Waals surface area contributed by atoms with Crippen molar-refractivity contribution in [3.8, 4) is 0 Å². The van der Waals surface area contributed by atoms with Gasteiger partial charge in [-0.2, -0.15) is 0 Å². The first-order chi connectivity index (χ1) is 11.6. The average Bonchev–Trinajstić information content (AvgIpc) is 2.62. The average molecular weight is 345 g/mol. The fourth-order valence-corrected chi connectivity index (χ4v) is 3.06. The number of anilines is 1. The number of pyridine rings is 1. The molecule has 124 valence electrons. The van der Waals surface area contributed by atoms with Gasteiger partial charge in [-0.25, -0.2) is 0 Å². The zero-order valence-electron chi connectivity index (χ0n) is 13.0. The largest absolute Gasteiger partial charge is 0.367 e. The van der Waals surface area contributed by atoms with Crippen molar-refractivity contribution in [2.75, 3.05) is 31.1 Å². The Kier molecular flexibility index (Phi) is 4.66. The molecule has 2 amide bonds. The molecule has 1 aromatic heterocycles. The van der Waals surface area contributed by atoms with Gasteiger partial charge in [0.05, 0.1) is 16.3 Å². The van der Waals surface area contributed by atoms with E-state index in [0.717, 1.165) is 5.69 Å². The Balaban J connectivity index is 1.72. The van der Waals surface area contributed by atoms with Crippen molar-refractivity contribution in [3.05, 3.63) is 58.9 Å². The van der Waals surface area contributed by atoms with Crippen molar-refractivity contribution in [2.24, 2.45) is 5.73 Å². The Morgan fingerprint density at radius 3 is 2.42 bits per heavy atom. The highest BCUT2D eigenvalue weighted by molar-refractivity contribution is 6.33. The van der Waals surface area contributed by atoms with E-state index in [2.05, 4.69) is 9.88 Å². The van der Waals surface area contributed by atoms with Crippen LogP contribution in [0.3, 0.4) is 0 Å². The number of nitrogens with two attached hydrogens (primary N) is 1. The molecule has 0 unspecified atom stereocenters. The smallest absolute Gasteiger partial charge is 0.268 e. The van der Waals surface area contributed by atoms with Gasteiger partial charge in [-0.3, -0.25) is 14.6 Å². The minimum atomic E-state index is -0.700. The quantitative estimate of drug-likeness (QED) is 0.920. The molecule has 0 aliphatic carbocycles. The molecule has 1 aromatic carbocycles. The maximum atomic E-state index is 12.7. The van der Waals surface area contributed by atoms with Crippen LogP contribution in [0.15, 0.2) is 42.6 Å². The highest BCUT2D eigenvalue weighted by atomic mass is 35.5. The molecule has 1 aliphatic heterocycles. The minimum absolute atomic E-state index is 0.0102. The molecule has 2 aromatic rings. The van der Waals surface area contributed by atoms with Gasteiger partial charge >= 0.3 is 0 Å². The van der Waals surface area contributed by atoms with Crippen LogP contribution in [0, 0.1) is 0 Å². The van der Waals surface area contributed by atoms with E-state index in [0.29, 0.717) is 31.2 Å². The Bertz CT molecular complexity index is 773. The summed E-state index contributed by atoms with van der Waals surface area (Å²) in [7, 11) is 0. The Labute approximate surface area is 144 Å². The van der Waals surface area contributed by atoms with Crippen LogP contribution >= 0.6 is 11.6 Å². The first kappa shape index (κ1) is 16.3. The SMILES string of the molecule is NC(=O)c1ncccc1C(=O)N1CCN(c2ccccc2Cl)CC1. The molecular formula is C17H17ClN4O2. The number of nitrogens with zero attached hydrogens (tertiary/aromatic N) is 3. The lowest BCUT2D eigenvalue weighted by Gasteiger charge is -2.36. The number of hydrogen-bond acceptors (Lipinski definition) is 4. The summed E-state index contributed by atoms with van der Waals surface area (Å²) in [5.41, 5.74) is 6.52. The summed E-state index contributed by atoms with van der Waals surface area (Å²) < 4.78 is 0. The second-order valence-corrected chi connectivity index (χ2v) is 5.90. The molecule has 0 spiro atoms. The summed E-state index contributed by atoms with van der Waals surface area (Å²) in [6.07, 6.45) is 1.45. The minimum Gasteiger partial charge on any atom is -0.367 e. The Hall–Kier alpha value is -2.60. The molecule has 1 fully saturated rings. The zero-order valence-corrected chi connectivity index (χ0v) is 13.7. The van der Waals surface area contributed by atoms with E-state index < -0.39 is 5.91 Å². The molecule has 1 aliphatic rings. The van der Waals surface area contributed by atoms with Gasteiger partial charge in [0, 0.05) is 32.4 Å². The molecule has 0 bridgehead atoms. The highest BCUT2D eigenvalue weighted by Crippen LogP contribution is 2.26. The number of amides is 2. The molecule has 2 heterocycles. The number of carbonyl (C=O) groups is 2. The lowest BCUT2D eigenvalue weighted by Crippen LogP contribution is -2.49. The first-order valence-electron chi connectivity index (χ1n) is 7.61. The van der Waals surface area contributed by atoms with Gasteiger partial charge in [0.1, 0.15) is 5.69 Å². The topological polar surface area (TPSA) is 79.5 Å². The van der Waals surface area contributed by atoms with Gasteiger partial charge in [0.15, 0.2) is 0 Å². The van der Waals surface area contributed by atoms with Gasteiger partial charge < -0.3 is 15.5 Å². The van der Waals surface area contributed by atoms with Crippen molar-refractivity contribution in [1.82, 2.24) is 9.88 Å². The summed E-state index contributed by atoms with van der Waals surface area (Å²) in [6.45, 7) is 2.41. The molecule has 0 radical (unpaired) electrons. The highest BCUT2D eigenvalue weighted by Gasteiger charge is 2.26. The third kappa shape index (κ3) is 3.19. The number of aromatic nitrogens is 1.